The standard InChI is InChI=1S/C15H30O3Si/c1-6-7-8-19(4,5)18-14-10-15(17,11-16)9-12(2)13(14)3/h12,14,16-17H,3,6-11H2,1-2,4-5H3/t12-,14-,15-/m1/s1. The van der Waals surface area contributed by atoms with Gasteiger partial charge in [-0.15, -0.1) is 0 Å². The highest BCUT2D eigenvalue weighted by Crippen LogP contribution is 2.38. The lowest BCUT2D eigenvalue weighted by atomic mass is 9.75. The largest absolute Gasteiger partial charge is 0.411 e. The van der Waals surface area contributed by atoms with Crippen molar-refractivity contribution in [3.05, 3.63) is 12.2 Å². The maximum absolute atomic E-state index is 10.4. The van der Waals surface area contributed by atoms with Crippen LogP contribution in [0.15, 0.2) is 12.2 Å². The number of aliphatic hydroxyl groups is 2. The first-order valence-corrected chi connectivity index (χ1v) is 10.5. The van der Waals surface area contributed by atoms with E-state index in [4.69, 9.17) is 4.43 Å². The van der Waals surface area contributed by atoms with Crippen molar-refractivity contribution in [3.8, 4) is 0 Å². The van der Waals surface area contributed by atoms with E-state index in [0.717, 1.165) is 11.6 Å². The second kappa shape index (κ2) is 6.53. The molecule has 1 aliphatic rings. The third kappa shape index (κ3) is 4.70. The second-order valence-electron chi connectivity index (χ2n) is 6.74. The molecular weight excluding hydrogens is 256 g/mol. The molecule has 0 unspecified atom stereocenters. The van der Waals surface area contributed by atoms with Gasteiger partial charge in [0.1, 0.15) is 0 Å². The molecule has 0 aliphatic heterocycles. The van der Waals surface area contributed by atoms with Gasteiger partial charge in [0.2, 0.25) is 0 Å². The summed E-state index contributed by atoms with van der Waals surface area (Å²) < 4.78 is 6.33. The van der Waals surface area contributed by atoms with Crippen LogP contribution in [0, 0.1) is 5.92 Å². The van der Waals surface area contributed by atoms with Gasteiger partial charge in [-0.25, -0.2) is 0 Å². The molecule has 0 aromatic carbocycles. The molecule has 1 rings (SSSR count). The molecular formula is C15H30O3Si. The van der Waals surface area contributed by atoms with E-state index in [1.165, 1.54) is 12.8 Å². The molecule has 1 aliphatic carbocycles. The third-order valence-electron chi connectivity index (χ3n) is 4.19. The van der Waals surface area contributed by atoms with E-state index >= 15 is 0 Å². The Kier molecular flexibility index (Phi) is 5.80. The highest BCUT2D eigenvalue weighted by Gasteiger charge is 2.41. The van der Waals surface area contributed by atoms with Gasteiger partial charge in [-0.1, -0.05) is 33.3 Å². The highest BCUT2D eigenvalue weighted by atomic mass is 28.4. The Labute approximate surface area is 118 Å². The van der Waals surface area contributed by atoms with Crippen molar-refractivity contribution in [1.82, 2.24) is 0 Å². The molecule has 0 bridgehead atoms. The molecule has 0 radical (unpaired) electrons. The van der Waals surface area contributed by atoms with Crippen LogP contribution >= 0.6 is 0 Å². The van der Waals surface area contributed by atoms with Gasteiger partial charge in [0.05, 0.1) is 18.3 Å². The summed E-state index contributed by atoms with van der Waals surface area (Å²) in [6.07, 6.45) is 3.34. The summed E-state index contributed by atoms with van der Waals surface area (Å²) in [5.41, 5.74) is 0.0794. The molecule has 0 aromatic heterocycles. The fourth-order valence-electron chi connectivity index (χ4n) is 2.87. The number of aliphatic hydroxyl groups excluding tert-OH is 1. The van der Waals surface area contributed by atoms with Gasteiger partial charge in [-0.2, -0.15) is 0 Å². The van der Waals surface area contributed by atoms with Crippen LogP contribution in [0.4, 0.5) is 0 Å². The van der Waals surface area contributed by atoms with Crippen molar-refractivity contribution in [3.63, 3.8) is 0 Å². The van der Waals surface area contributed by atoms with E-state index in [9.17, 15) is 10.2 Å². The van der Waals surface area contributed by atoms with Gasteiger partial charge in [0, 0.05) is 6.42 Å². The molecule has 19 heavy (non-hydrogen) atoms. The molecule has 0 amide bonds. The Balaban J connectivity index is 2.71. The van der Waals surface area contributed by atoms with Gasteiger partial charge < -0.3 is 14.6 Å². The van der Waals surface area contributed by atoms with E-state index in [2.05, 4.69) is 33.5 Å². The van der Waals surface area contributed by atoms with E-state index in [0.29, 0.717) is 12.8 Å². The second-order valence-corrected chi connectivity index (χ2v) is 11.0. The molecule has 0 saturated heterocycles. The quantitative estimate of drug-likeness (QED) is 0.583. The van der Waals surface area contributed by atoms with Gasteiger partial charge >= 0.3 is 0 Å². The number of rotatable bonds is 6. The van der Waals surface area contributed by atoms with Crippen LogP contribution in [0.2, 0.25) is 19.1 Å². The van der Waals surface area contributed by atoms with E-state index < -0.39 is 13.9 Å². The molecule has 3 nitrogen and oxygen atoms in total. The maximum atomic E-state index is 10.4. The average Bonchev–Trinajstić information content (AvgIpc) is 2.33. The molecule has 0 spiro atoms. The molecule has 0 heterocycles. The minimum atomic E-state index is -1.71. The highest BCUT2D eigenvalue weighted by molar-refractivity contribution is 6.71. The van der Waals surface area contributed by atoms with Crippen molar-refractivity contribution in [2.75, 3.05) is 6.61 Å². The summed E-state index contributed by atoms with van der Waals surface area (Å²) in [4.78, 5) is 0. The topological polar surface area (TPSA) is 49.7 Å². The first kappa shape index (κ1) is 16.9. The number of hydrogen-bond acceptors (Lipinski definition) is 3. The zero-order chi connectivity index (χ0) is 14.7. The van der Waals surface area contributed by atoms with Crippen molar-refractivity contribution >= 4 is 8.32 Å². The third-order valence-corrected chi connectivity index (χ3v) is 6.67. The van der Waals surface area contributed by atoms with Gasteiger partial charge in [-0.3, -0.25) is 0 Å². The van der Waals surface area contributed by atoms with Gasteiger partial charge in [-0.05, 0) is 37.0 Å². The predicted octanol–water partition coefficient (Wildman–Crippen LogP) is 3.09. The molecule has 1 saturated carbocycles. The Bertz CT molecular complexity index is 317. The first-order valence-electron chi connectivity index (χ1n) is 7.43. The van der Waals surface area contributed by atoms with Crippen LogP contribution in [0.5, 0.6) is 0 Å². The summed E-state index contributed by atoms with van der Waals surface area (Å²) in [7, 11) is -1.71. The van der Waals surface area contributed by atoms with E-state index in [-0.39, 0.29) is 18.6 Å². The fraction of sp³-hybridized carbons (Fsp3) is 0.867. The smallest absolute Gasteiger partial charge is 0.187 e. The van der Waals surface area contributed by atoms with Crippen LogP contribution in [0.3, 0.4) is 0 Å². The summed E-state index contributed by atoms with van der Waals surface area (Å²) in [5.74, 6) is 0.201. The van der Waals surface area contributed by atoms with Crippen LogP contribution in [0.1, 0.15) is 39.5 Å². The van der Waals surface area contributed by atoms with E-state index in [1.807, 2.05) is 0 Å². The van der Waals surface area contributed by atoms with Crippen LogP contribution in [-0.4, -0.2) is 36.8 Å². The lowest BCUT2D eigenvalue weighted by Crippen LogP contribution is -2.48. The summed E-state index contributed by atoms with van der Waals surface area (Å²) in [5, 5.41) is 19.7. The lowest BCUT2D eigenvalue weighted by molar-refractivity contribution is -0.0700. The van der Waals surface area contributed by atoms with Crippen LogP contribution < -0.4 is 0 Å². The van der Waals surface area contributed by atoms with Crippen molar-refractivity contribution < 1.29 is 14.6 Å². The summed E-state index contributed by atoms with van der Waals surface area (Å²) in [6, 6.07) is 1.14. The van der Waals surface area contributed by atoms with Crippen LogP contribution in [-0.2, 0) is 4.43 Å². The van der Waals surface area contributed by atoms with Crippen molar-refractivity contribution in [1.29, 1.82) is 0 Å². The van der Waals surface area contributed by atoms with Crippen molar-refractivity contribution in [2.24, 2.45) is 5.92 Å². The van der Waals surface area contributed by atoms with Gasteiger partial charge in [0.25, 0.3) is 0 Å². The lowest BCUT2D eigenvalue weighted by Gasteiger charge is -2.43. The number of unbranched alkanes of at least 4 members (excludes halogenated alkanes) is 1. The van der Waals surface area contributed by atoms with E-state index in [1.54, 1.807) is 0 Å². The monoisotopic (exact) mass is 286 g/mol. The Hall–Kier alpha value is -0.163. The maximum Gasteiger partial charge on any atom is 0.187 e. The van der Waals surface area contributed by atoms with Gasteiger partial charge in [0.15, 0.2) is 8.32 Å². The average molecular weight is 286 g/mol. The molecule has 3 atom stereocenters. The molecule has 112 valence electrons. The minimum Gasteiger partial charge on any atom is -0.411 e. The first-order chi connectivity index (χ1) is 8.73. The number of hydrogen-bond donors (Lipinski definition) is 2. The van der Waals surface area contributed by atoms with Crippen LogP contribution in [0.25, 0.3) is 0 Å². The predicted molar refractivity (Wildman–Crippen MR) is 81.6 cm³/mol. The van der Waals surface area contributed by atoms with Crippen molar-refractivity contribution in [2.45, 2.75) is 70.4 Å². The minimum absolute atomic E-state index is 0.0978. The zero-order valence-electron chi connectivity index (χ0n) is 12.9. The zero-order valence-corrected chi connectivity index (χ0v) is 13.9. The molecule has 2 N–H and O–H groups in total. The SMILES string of the molecule is C=C1[C@H](C)C[C@](O)(CO)C[C@H]1O[Si](C)(C)CCCC. The Morgan fingerprint density at radius 1 is 1.42 bits per heavy atom. The molecule has 1 fully saturated rings. The Morgan fingerprint density at radius 2 is 2.05 bits per heavy atom. The molecule has 0 aromatic rings. The summed E-state index contributed by atoms with van der Waals surface area (Å²) in [6.45, 7) is 12.7. The fourth-order valence-corrected chi connectivity index (χ4v) is 5.20. The normalized spacial score (nSPS) is 32.6. The Morgan fingerprint density at radius 3 is 2.58 bits per heavy atom. The molecule has 4 heteroatoms. The summed E-state index contributed by atoms with van der Waals surface area (Å²) >= 11 is 0.